The van der Waals surface area contributed by atoms with E-state index >= 15 is 0 Å². The summed E-state index contributed by atoms with van der Waals surface area (Å²) in [5, 5.41) is 2.77. The van der Waals surface area contributed by atoms with Gasteiger partial charge in [0.1, 0.15) is 15.6 Å². The number of pyridine rings is 3. The molecule has 1 amide bonds. The SMILES string of the molecule is CCN(Cc1ccncc1)Cc1cccnc1-c1nc(C(F)(F)F)c(C(=O)N[C@@H](C)c2cccc(-c3cccnc3)c2)s1. The van der Waals surface area contributed by atoms with Crippen molar-refractivity contribution in [2.45, 2.75) is 39.2 Å². The molecular weight excluding hydrogens is 573 g/mol. The first-order valence-electron chi connectivity index (χ1n) is 13.7. The number of amides is 1. The lowest BCUT2D eigenvalue weighted by Crippen LogP contribution is -2.28. The minimum Gasteiger partial charge on any atom is -0.345 e. The van der Waals surface area contributed by atoms with Gasteiger partial charge in [-0.05, 0) is 71.6 Å². The normalized spacial score (nSPS) is 12.3. The van der Waals surface area contributed by atoms with Crippen LogP contribution in [0.25, 0.3) is 21.8 Å². The van der Waals surface area contributed by atoms with E-state index in [1.807, 2.05) is 61.5 Å². The van der Waals surface area contributed by atoms with Crippen molar-refractivity contribution in [1.82, 2.24) is 30.2 Å². The number of halogens is 3. The largest absolute Gasteiger partial charge is 0.435 e. The van der Waals surface area contributed by atoms with Gasteiger partial charge in [0.25, 0.3) is 5.91 Å². The molecule has 0 saturated heterocycles. The van der Waals surface area contributed by atoms with Crippen molar-refractivity contribution >= 4 is 17.2 Å². The van der Waals surface area contributed by atoms with Crippen LogP contribution in [0, 0.1) is 0 Å². The number of alkyl halides is 3. The molecule has 1 N–H and O–H groups in total. The summed E-state index contributed by atoms with van der Waals surface area (Å²) in [7, 11) is 0. The lowest BCUT2D eigenvalue weighted by atomic mass is 10.0. The first-order valence-corrected chi connectivity index (χ1v) is 14.5. The molecule has 0 radical (unpaired) electrons. The van der Waals surface area contributed by atoms with Crippen molar-refractivity contribution in [3.05, 3.63) is 119 Å². The van der Waals surface area contributed by atoms with E-state index in [1.54, 1.807) is 37.8 Å². The number of carbonyl (C=O) groups is 1. The zero-order chi connectivity index (χ0) is 30.4. The van der Waals surface area contributed by atoms with Gasteiger partial charge >= 0.3 is 6.18 Å². The van der Waals surface area contributed by atoms with Crippen LogP contribution < -0.4 is 5.32 Å². The molecule has 4 aromatic heterocycles. The Morgan fingerprint density at radius 3 is 2.44 bits per heavy atom. The minimum absolute atomic E-state index is 0.0410. The van der Waals surface area contributed by atoms with Crippen molar-refractivity contribution < 1.29 is 18.0 Å². The highest BCUT2D eigenvalue weighted by atomic mass is 32.1. The molecule has 0 unspecified atom stereocenters. The van der Waals surface area contributed by atoms with E-state index in [9.17, 15) is 18.0 Å². The van der Waals surface area contributed by atoms with Crippen molar-refractivity contribution in [3.8, 4) is 21.8 Å². The fourth-order valence-electron chi connectivity index (χ4n) is 4.66. The second-order valence-corrected chi connectivity index (χ2v) is 10.9. The number of hydrogen-bond donors (Lipinski definition) is 1. The summed E-state index contributed by atoms with van der Waals surface area (Å²) >= 11 is 0.697. The molecule has 0 aliphatic carbocycles. The molecule has 0 aliphatic rings. The number of carbonyl (C=O) groups excluding carboxylic acids is 1. The van der Waals surface area contributed by atoms with Crippen LogP contribution in [0.5, 0.6) is 0 Å². The number of aromatic nitrogens is 4. The molecule has 7 nitrogen and oxygen atoms in total. The highest BCUT2D eigenvalue weighted by Gasteiger charge is 2.40. The second kappa shape index (κ2) is 13.2. The van der Waals surface area contributed by atoms with Gasteiger partial charge in [-0.15, -0.1) is 11.3 Å². The summed E-state index contributed by atoms with van der Waals surface area (Å²) in [5.41, 5.74) is 3.40. The molecule has 11 heteroatoms. The van der Waals surface area contributed by atoms with E-state index in [1.165, 1.54) is 6.20 Å². The van der Waals surface area contributed by atoms with Gasteiger partial charge in [-0.1, -0.05) is 37.3 Å². The number of nitrogens with zero attached hydrogens (tertiary/aromatic N) is 5. The fraction of sp³-hybridized carbons (Fsp3) is 0.219. The number of thiazole rings is 1. The molecule has 1 aromatic carbocycles. The van der Waals surface area contributed by atoms with Crippen LogP contribution >= 0.6 is 11.3 Å². The standard InChI is InChI=1S/C32H29F3N6OS/c1-3-41(19-22-11-15-36-16-12-22)20-26-10-6-14-38-27(26)31-40-29(32(33,34)35)28(43-31)30(42)39-21(2)23-7-4-8-24(17-23)25-9-5-13-37-18-25/h4-18,21H,3,19-20H2,1-2H3,(H,39,42)/t21-/m0/s1. The second-order valence-electron chi connectivity index (χ2n) is 9.93. The molecule has 0 aliphatic heterocycles. The van der Waals surface area contributed by atoms with Crippen LogP contribution in [0.4, 0.5) is 13.2 Å². The summed E-state index contributed by atoms with van der Waals surface area (Å²) in [4.78, 5) is 31.5. The summed E-state index contributed by atoms with van der Waals surface area (Å²) in [6.07, 6.45) is 3.53. The molecule has 0 fully saturated rings. The first-order chi connectivity index (χ1) is 20.7. The Kier molecular flexibility index (Phi) is 9.22. The van der Waals surface area contributed by atoms with E-state index in [2.05, 4.69) is 30.2 Å². The highest BCUT2D eigenvalue weighted by molar-refractivity contribution is 7.17. The molecule has 4 heterocycles. The van der Waals surface area contributed by atoms with E-state index in [4.69, 9.17) is 0 Å². The Morgan fingerprint density at radius 2 is 1.72 bits per heavy atom. The maximum absolute atomic E-state index is 14.2. The van der Waals surface area contributed by atoms with E-state index in [0.29, 0.717) is 42.2 Å². The molecule has 0 bridgehead atoms. The van der Waals surface area contributed by atoms with Gasteiger partial charge in [0.15, 0.2) is 5.69 Å². The van der Waals surface area contributed by atoms with Crippen molar-refractivity contribution in [2.75, 3.05) is 6.54 Å². The average Bonchev–Trinajstić information content (AvgIpc) is 3.49. The Morgan fingerprint density at radius 1 is 0.953 bits per heavy atom. The van der Waals surface area contributed by atoms with Gasteiger partial charge in [-0.25, -0.2) is 4.98 Å². The average molecular weight is 603 g/mol. The van der Waals surface area contributed by atoms with Crippen molar-refractivity contribution in [2.24, 2.45) is 0 Å². The summed E-state index contributed by atoms with van der Waals surface area (Å²) < 4.78 is 42.5. The van der Waals surface area contributed by atoms with E-state index < -0.39 is 28.7 Å². The summed E-state index contributed by atoms with van der Waals surface area (Å²) in [5.74, 6) is -0.847. The topological polar surface area (TPSA) is 83.9 Å². The first kappa shape index (κ1) is 30.0. The van der Waals surface area contributed by atoms with Crippen molar-refractivity contribution in [3.63, 3.8) is 0 Å². The molecule has 0 saturated carbocycles. The quantitative estimate of drug-likeness (QED) is 0.182. The Labute approximate surface area is 251 Å². The zero-order valence-corrected chi connectivity index (χ0v) is 24.4. The fourth-order valence-corrected chi connectivity index (χ4v) is 5.68. The minimum atomic E-state index is -4.82. The molecule has 1 atom stereocenters. The van der Waals surface area contributed by atoms with Gasteiger partial charge in [0, 0.05) is 44.1 Å². The van der Waals surface area contributed by atoms with Crippen LogP contribution in [-0.2, 0) is 19.3 Å². The molecule has 5 aromatic rings. The van der Waals surface area contributed by atoms with E-state index in [0.717, 1.165) is 22.3 Å². The van der Waals surface area contributed by atoms with Crippen molar-refractivity contribution in [1.29, 1.82) is 0 Å². The summed E-state index contributed by atoms with van der Waals surface area (Å²) in [6.45, 7) is 5.52. The molecule has 43 heavy (non-hydrogen) atoms. The maximum atomic E-state index is 14.2. The maximum Gasteiger partial charge on any atom is 0.435 e. The van der Waals surface area contributed by atoms with Crippen LogP contribution in [0.15, 0.2) is 91.6 Å². The number of benzene rings is 1. The smallest absolute Gasteiger partial charge is 0.345 e. The molecule has 5 rings (SSSR count). The third-order valence-corrected chi connectivity index (χ3v) is 7.98. The van der Waals surface area contributed by atoms with Gasteiger partial charge in [0.2, 0.25) is 0 Å². The Balaban J connectivity index is 1.41. The third kappa shape index (κ3) is 7.30. The lowest BCUT2D eigenvalue weighted by Gasteiger charge is -2.21. The number of rotatable bonds is 10. The number of nitrogens with one attached hydrogen (secondary N) is 1. The summed E-state index contributed by atoms with van der Waals surface area (Å²) in [6, 6.07) is 18.0. The number of hydrogen-bond acceptors (Lipinski definition) is 7. The predicted molar refractivity (Wildman–Crippen MR) is 160 cm³/mol. The van der Waals surface area contributed by atoms with E-state index in [-0.39, 0.29) is 5.01 Å². The van der Waals surface area contributed by atoms with Crippen LogP contribution in [0.3, 0.4) is 0 Å². The van der Waals surface area contributed by atoms with Crippen LogP contribution in [-0.4, -0.2) is 37.3 Å². The zero-order valence-electron chi connectivity index (χ0n) is 23.5. The lowest BCUT2D eigenvalue weighted by molar-refractivity contribution is -0.141. The van der Waals surface area contributed by atoms with Crippen LogP contribution in [0.2, 0.25) is 0 Å². The van der Waals surface area contributed by atoms with Gasteiger partial charge in [-0.3, -0.25) is 24.6 Å². The molecular formula is C32H29F3N6OS. The Hall–Kier alpha value is -4.48. The molecule has 0 spiro atoms. The highest BCUT2D eigenvalue weighted by Crippen LogP contribution is 2.38. The predicted octanol–water partition coefficient (Wildman–Crippen LogP) is 7.19. The van der Waals surface area contributed by atoms with Gasteiger partial charge in [0.05, 0.1) is 6.04 Å². The van der Waals surface area contributed by atoms with Gasteiger partial charge < -0.3 is 5.32 Å². The Bertz CT molecular complexity index is 1680. The third-order valence-electron chi connectivity index (χ3n) is 6.92. The van der Waals surface area contributed by atoms with Crippen LogP contribution in [0.1, 0.15) is 51.9 Å². The van der Waals surface area contributed by atoms with Gasteiger partial charge in [-0.2, -0.15) is 13.2 Å². The monoisotopic (exact) mass is 602 g/mol. The molecule has 220 valence electrons.